The van der Waals surface area contributed by atoms with Crippen molar-refractivity contribution in [3.63, 3.8) is 0 Å². The van der Waals surface area contributed by atoms with E-state index >= 15 is 0 Å². The van der Waals surface area contributed by atoms with E-state index in [1.807, 2.05) is 0 Å². The van der Waals surface area contributed by atoms with Gasteiger partial charge in [0.1, 0.15) is 29.7 Å². The second kappa shape index (κ2) is 16.1. The third kappa shape index (κ3) is 9.60. The van der Waals surface area contributed by atoms with Crippen molar-refractivity contribution in [2.75, 3.05) is 24.2 Å². The first-order valence-corrected chi connectivity index (χ1v) is 18.8. The molecule has 1 unspecified atom stereocenters. The molecule has 5 N–H and O–H groups in total. The van der Waals surface area contributed by atoms with Gasteiger partial charge in [-0.05, 0) is 61.6 Å². The summed E-state index contributed by atoms with van der Waals surface area (Å²) in [6, 6.07) is 6.96. The average Bonchev–Trinajstić information content (AvgIpc) is 3.59. The van der Waals surface area contributed by atoms with Crippen LogP contribution < -0.4 is 15.4 Å². The highest BCUT2D eigenvalue weighted by atomic mass is 35.5. The number of pyridine rings is 1. The number of carbonyl (C=O) groups excluding carboxylic acids is 1. The van der Waals surface area contributed by atoms with Gasteiger partial charge in [-0.1, -0.05) is 23.6 Å². The van der Waals surface area contributed by atoms with Crippen molar-refractivity contribution >= 4 is 50.0 Å². The van der Waals surface area contributed by atoms with E-state index in [-0.39, 0.29) is 49.8 Å². The van der Waals surface area contributed by atoms with Gasteiger partial charge in [-0.3, -0.25) is 19.6 Å². The number of fused-ring (bicyclic) bond motifs is 1. The fourth-order valence-corrected chi connectivity index (χ4v) is 6.83. The molecule has 2 heterocycles. The van der Waals surface area contributed by atoms with E-state index in [1.54, 1.807) is 0 Å². The normalized spacial score (nSPS) is 15.7. The fourth-order valence-electron chi connectivity index (χ4n) is 6.10. The van der Waals surface area contributed by atoms with Crippen LogP contribution in [-0.2, 0) is 28.3 Å². The predicted octanol–water partition coefficient (Wildman–Crippen LogP) is 5.97. The molecule has 2 aromatic carbocycles. The lowest BCUT2D eigenvalue weighted by atomic mass is 9.93. The molecule has 0 aliphatic heterocycles. The number of carbonyl (C=O) groups is 1. The predicted molar refractivity (Wildman–Crippen MR) is 195 cm³/mol. The quantitative estimate of drug-likeness (QED) is 0.0631. The molecule has 56 heavy (non-hydrogen) atoms. The first-order valence-electron chi connectivity index (χ1n) is 16.5. The van der Waals surface area contributed by atoms with E-state index in [1.165, 1.54) is 36.0 Å². The largest absolute Gasteiger partial charge is 0.375 e. The summed E-state index contributed by atoms with van der Waals surface area (Å²) in [7, 11) is -2.37. The molecule has 298 valence electrons. The maximum Gasteiger partial charge on any atom is 0.287 e. The summed E-state index contributed by atoms with van der Waals surface area (Å²) < 4.78 is 127. The van der Waals surface area contributed by atoms with Crippen LogP contribution in [0.25, 0.3) is 22.0 Å². The highest BCUT2D eigenvalue weighted by molar-refractivity contribution is 7.92. The molecule has 0 fully saturated rings. The standard InChI is InChI=1S/C36H33ClF7N7O4S/c1-35(53,17-38)10-8-21-4-5-22(23-6-7-25(37)28-31(23)51(2)49-34(28)50-56(3,54)55)30(47-21)26(14-18-12-19(39)15-20(40)13-18)48-27(52)16-46-32-24(29(45)33(41)42)9-11-36(32,43)44/h4-7,12-13,15,26,33,45-46,53H,9,11,14,16-17H2,1-3H3,(H,48,52)(H,49,50)/t26-,35?/m0/s1. The van der Waals surface area contributed by atoms with Crippen molar-refractivity contribution in [1.29, 1.82) is 5.41 Å². The van der Waals surface area contributed by atoms with Gasteiger partial charge in [-0.2, -0.15) is 13.9 Å². The summed E-state index contributed by atoms with van der Waals surface area (Å²) >= 11 is 6.53. The van der Waals surface area contributed by atoms with Crippen molar-refractivity contribution in [3.05, 3.63) is 87.3 Å². The Bertz CT molecular complexity index is 2410. The maximum absolute atomic E-state index is 14.8. The first-order chi connectivity index (χ1) is 26.1. The van der Waals surface area contributed by atoms with Gasteiger partial charge >= 0.3 is 0 Å². The number of halogens is 8. The highest BCUT2D eigenvalue weighted by Gasteiger charge is 2.44. The molecule has 0 saturated carbocycles. The van der Waals surface area contributed by atoms with Crippen molar-refractivity contribution in [2.45, 2.75) is 50.2 Å². The number of anilines is 1. The van der Waals surface area contributed by atoms with Crippen molar-refractivity contribution < 1.29 is 49.1 Å². The van der Waals surface area contributed by atoms with Gasteiger partial charge < -0.3 is 15.7 Å². The highest BCUT2D eigenvalue weighted by Crippen LogP contribution is 2.41. The van der Waals surface area contributed by atoms with Crippen LogP contribution in [0, 0.1) is 28.9 Å². The van der Waals surface area contributed by atoms with E-state index in [4.69, 9.17) is 17.0 Å². The Morgan fingerprint density at radius 3 is 2.43 bits per heavy atom. The molecule has 1 aliphatic carbocycles. The number of hydrogen-bond acceptors (Lipinski definition) is 8. The molecular formula is C36H33ClF7N7O4S. The van der Waals surface area contributed by atoms with E-state index in [0.29, 0.717) is 6.07 Å². The monoisotopic (exact) mass is 827 g/mol. The zero-order valence-electron chi connectivity index (χ0n) is 29.7. The molecular weight excluding hydrogens is 795 g/mol. The Balaban J connectivity index is 1.68. The molecule has 0 radical (unpaired) electrons. The van der Waals surface area contributed by atoms with Crippen molar-refractivity contribution in [1.82, 2.24) is 25.4 Å². The van der Waals surface area contributed by atoms with Gasteiger partial charge in [-0.25, -0.2) is 35.4 Å². The lowest BCUT2D eigenvalue weighted by Crippen LogP contribution is -2.40. The molecule has 4 aromatic rings. The molecule has 2 atom stereocenters. The Labute approximate surface area is 320 Å². The van der Waals surface area contributed by atoms with Crippen LogP contribution in [0.3, 0.4) is 0 Å². The number of allylic oxidation sites excluding steroid dienone is 2. The second-order valence-corrected chi connectivity index (χ2v) is 15.3. The van der Waals surface area contributed by atoms with Crippen LogP contribution in [0.5, 0.6) is 0 Å². The molecule has 0 saturated heterocycles. The zero-order chi connectivity index (χ0) is 41.3. The van der Waals surface area contributed by atoms with Crippen molar-refractivity contribution in [3.8, 4) is 23.0 Å². The van der Waals surface area contributed by atoms with Crippen LogP contribution >= 0.6 is 11.6 Å². The Kier molecular flexibility index (Phi) is 12.1. The minimum atomic E-state index is -3.86. The minimum Gasteiger partial charge on any atom is -0.375 e. The van der Waals surface area contributed by atoms with Gasteiger partial charge in [0.25, 0.3) is 12.3 Å². The SMILES string of the molecule is Cn1nc(NS(C)(=O)=O)c2c(Cl)ccc(-c3ccc(C#CC(C)(O)CF)nc3[C@H](Cc3cc(F)cc(F)c3)NC(=O)CNC3=C(C(=N)C(F)F)CCC3(F)F)c21. The summed E-state index contributed by atoms with van der Waals surface area (Å²) in [5.74, 6) is -1.88. The number of benzene rings is 2. The first kappa shape index (κ1) is 42.0. The molecule has 20 heteroatoms. The van der Waals surface area contributed by atoms with Crippen LogP contribution in [0.2, 0.25) is 5.02 Å². The van der Waals surface area contributed by atoms with Gasteiger partial charge in [0.15, 0.2) is 11.4 Å². The molecule has 5 rings (SSSR count). The number of nitrogens with zero attached hydrogens (tertiary/aromatic N) is 3. The summed E-state index contributed by atoms with van der Waals surface area (Å²) in [6.07, 6.45) is -4.28. The van der Waals surface area contributed by atoms with Crippen LogP contribution in [-0.4, -0.2) is 77.3 Å². The van der Waals surface area contributed by atoms with E-state index in [2.05, 4.69) is 37.3 Å². The number of rotatable bonds is 13. The number of hydrogen-bond donors (Lipinski definition) is 5. The third-order valence-electron chi connectivity index (χ3n) is 8.51. The minimum absolute atomic E-state index is 0.00973. The summed E-state index contributed by atoms with van der Waals surface area (Å²) in [6.45, 7) is -1.07. The number of aliphatic hydroxyl groups is 1. The molecule has 0 spiro atoms. The molecule has 1 aliphatic rings. The number of aryl methyl sites for hydroxylation is 1. The summed E-state index contributed by atoms with van der Waals surface area (Å²) in [5, 5.41) is 27.1. The smallest absolute Gasteiger partial charge is 0.287 e. The average molecular weight is 828 g/mol. The van der Waals surface area contributed by atoms with Crippen LogP contribution in [0.15, 0.2) is 53.7 Å². The lowest BCUT2D eigenvalue weighted by Gasteiger charge is -2.23. The fraction of sp³-hybridized carbons (Fsp3) is 0.333. The molecule has 1 amide bonds. The van der Waals surface area contributed by atoms with Crippen LogP contribution in [0.1, 0.15) is 42.8 Å². The Morgan fingerprint density at radius 2 is 1.80 bits per heavy atom. The summed E-state index contributed by atoms with van der Waals surface area (Å²) in [4.78, 5) is 18.2. The molecule has 11 nitrogen and oxygen atoms in total. The maximum atomic E-state index is 14.8. The Morgan fingerprint density at radius 1 is 1.14 bits per heavy atom. The number of amides is 1. The van der Waals surface area contributed by atoms with Crippen molar-refractivity contribution in [2.24, 2.45) is 7.05 Å². The van der Waals surface area contributed by atoms with E-state index in [9.17, 15) is 49.1 Å². The van der Waals surface area contributed by atoms with Crippen LogP contribution in [0.4, 0.5) is 36.6 Å². The second-order valence-electron chi connectivity index (χ2n) is 13.2. The van der Waals surface area contributed by atoms with Gasteiger partial charge in [0, 0.05) is 36.2 Å². The van der Waals surface area contributed by atoms with Gasteiger partial charge in [-0.15, -0.1) is 0 Å². The topological polar surface area (TPSA) is 162 Å². The third-order valence-corrected chi connectivity index (χ3v) is 9.39. The number of sulfonamides is 1. The molecule has 2 aromatic heterocycles. The van der Waals surface area contributed by atoms with Gasteiger partial charge in [0.05, 0.1) is 46.2 Å². The van der Waals surface area contributed by atoms with E-state index in [0.717, 1.165) is 25.3 Å². The number of alkyl halides is 5. The lowest BCUT2D eigenvalue weighted by molar-refractivity contribution is -0.121. The summed E-state index contributed by atoms with van der Waals surface area (Å²) in [5.41, 5.74) is -4.51. The van der Waals surface area contributed by atoms with E-state index < -0.39 is 101 Å². The molecule has 0 bridgehead atoms. The number of nitrogens with one attached hydrogen (secondary N) is 4. The Hall–Kier alpha value is -5.19. The van der Waals surface area contributed by atoms with Gasteiger partial charge in [0.2, 0.25) is 15.9 Å². The zero-order valence-corrected chi connectivity index (χ0v) is 31.2. The number of aromatic nitrogens is 3.